The van der Waals surface area contributed by atoms with E-state index in [0.717, 1.165) is 35.4 Å². The largest absolute Gasteiger partial charge is 0.496 e. The second-order valence-corrected chi connectivity index (χ2v) is 3.80. The molecule has 0 aromatic heterocycles. The summed E-state index contributed by atoms with van der Waals surface area (Å²) in [5, 5.41) is 0. The number of ether oxygens (including phenoxy) is 2. The lowest BCUT2D eigenvalue weighted by molar-refractivity contribution is 0.286. The fourth-order valence-electron chi connectivity index (χ4n) is 1.54. The molecule has 0 radical (unpaired) electrons. The van der Waals surface area contributed by atoms with Gasteiger partial charge in [0.15, 0.2) is 0 Å². The van der Waals surface area contributed by atoms with Crippen LogP contribution in [0.1, 0.15) is 12.0 Å². The van der Waals surface area contributed by atoms with Crippen molar-refractivity contribution in [2.75, 3.05) is 13.7 Å². The van der Waals surface area contributed by atoms with Crippen LogP contribution >= 0.6 is 15.9 Å². The maximum Gasteiger partial charge on any atom is 0.133 e. The molecule has 0 spiro atoms. The van der Waals surface area contributed by atoms with E-state index >= 15 is 0 Å². The predicted octanol–water partition coefficient (Wildman–Crippen LogP) is 2.78. The molecule has 0 amide bonds. The van der Waals surface area contributed by atoms with Crippen molar-refractivity contribution in [3.8, 4) is 11.5 Å². The lowest BCUT2D eigenvalue weighted by Gasteiger charge is -2.19. The summed E-state index contributed by atoms with van der Waals surface area (Å²) in [6.07, 6.45) is 2.14. The molecule has 2 rings (SSSR count). The van der Waals surface area contributed by atoms with E-state index in [4.69, 9.17) is 9.47 Å². The monoisotopic (exact) mass is 242 g/mol. The zero-order valence-corrected chi connectivity index (χ0v) is 9.06. The quantitative estimate of drug-likeness (QED) is 0.755. The molecule has 70 valence electrons. The van der Waals surface area contributed by atoms with Crippen LogP contribution in [-0.4, -0.2) is 13.7 Å². The van der Waals surface area contributed by atoms with Crippen LogP contribution in [0.25, 0.3) is 0 Å². The molecular weight excluding hydrogens is 232 g/mol. The maximum atomic E-state index is 5.52. The van der Waals surface area contributed by atoms with Crippen molar-refractivity contribution in [3.05, 3.63) is 22.2 Å². The van der Waals surface area contributed by atoms with Crippen molar-refractivity contribution in [1.82, 2.24) is 0 Å². The van der Waals surface area contributed by atoms with Gasteiger partial charge in [0.25, 0.3) is 0 Å². The first-order valence-corrected chi connectivity index (χ1v) is 5.10. The molecule has 0 unspecified atom stereocenters. The van der Waals surface area contributed by atoms with Gasteiger partial charge in [-0.2, -0.15) is 0 Å². The Morgan fingerprint density at radius 2 is 2.31 bits per heavy atom. The number of hydrogen-bond acceptors (Lipinski definition) is 2. The molecule has 0 saturated carbocycles. The van der Waals surface area contributed by atoms with Crippen molar-refractivity contribution in [3.63, 3.8) is 0 Å². The lowest BCUT2D eigenvalue weighted by Crippen LogP contribution is -2.09. The third-order valence-corrected chi connectivity index (χ3v) is 3.08. The van der Waals surface area contributed by atoms with Crippen LogP contribution < -0.4 is 9.47 Å². The van der Waals surface area contributed by atoms with Gasteiger partial charge in [-0.3, -0.25) is 0 Å². The van der Waals surface area contributed by atoms with Gasteiger partial charge in [0.05, 0.1) is 18.2 Å². The van der Waals surface area contributed by atoms with E-state index in [1.807, 2.05) is 12.1 Å². The highest BCUT2D eigenvalue weighted by Crippen LogP contribution is 2.37. The zero-order chi connectivity index (χ0) is 9.26. The van der Waals surface area contributed by atoms with E-state index in [-0.39, 0.29) is 0 Å². The summed E-state index contributed by atoms with van der Waals surface area (Å²) in [6.45, 7) is 0.825. The van der Waals surface area contributed by atoms with Gasteiger partial charge in [0.1, 0.15) is 11.5 Å². The normalized spacial score (nSPS) is 14.6. The fraction of sp³-hybridized carbons (Fsp3) is 0.400. The van der Waals surface area contributed by atoms with Crippen LogP contribution in [0.4, 0.5) is 0 Å². The molecule has 1 aromatic rings. The predicted molar refractivity (Wildman–Crippen MR) is 54.5 cm³/mol. The average molecular weight is 243 g/mol. The van der Waals surface area contributed by atoms with Gasteiger partial charge in [-0.25, -0.2) is 0 Å². The van der Waals surface area contributed by atoms with Crippen molar-refractivity contribution in [2.45, 2.75) is 12.8 Å². The maximum absolute atomic E-state index is 5.52. The summed E-state index contributed by atoms with van der Waals surface area (Å²) in [4.78, 5) is 0. The molecule has 1 aromatic carbocycles. The van der Waals surface area contributed by atoms with E-state index in [2.05, 4.69) is 15.9 Å². The Hall–Kier alpha value is -0.700. The van der Waals surface area contributed by atoms with Crippen molar-refractivity contribution >= 4 is 15.9 Å². The Balaban J connectivity index is 2.48. The molecule has 13 heavy (non-hydrogen) atoms. The van der Waals surface area contributed by atoms with Crippen molar-refractivity contribution in [2.24, 2.45) is 0 Å². The number of halogens is 1. The fourth-order valence-corrected chi connectivity index (χ4v) is 2.23. The summed E-state index contributed by atoms with van der Waals surface area (Å²) in [5.41, 5.74) is 1.23. The smallest absolute Gasteiger partial charge is 0.133 e. The molecule has 2 nitrogen and oxygen atoms in total. The van der Waals surface area contributed by atoms with E-state index < -0.39 is 0 Å². The topological polar surface area (TPSA) is 18.5 Å². The highest BCUT2D eigenvalue weighted by atomic mass is 79.9. The van der Waals surface area contributed by atoms with Crippen LogP contribution in [0.2, 0.25) is 0 Å². The molecule has 0 fully saturated rings. The Labute approximate surface area is 86.0 Å². The molecule has 3 heteroatoms. The van der Waals surface area contributed by atoms with E-state index in [0.29, 0.717) is 0 Å². The van der Waals surface area contributed by atoms with Gasteiger partial charge in [-0.05, 0) is 40.9 Å². The number of hydrogen-bond donors (Lipinski definition) is 0. The van der Waals surface area contributed by atoms with Crippen LogP contribution in [-0.2, 0) is 6.42 Å². The Morgan fingerprint density at radius 1 is 1.46 bits per heavy atom. The first kappa shape index (κ1) is 8.88. The summed E-state index contributed by atoms with van der Waals surface area (Å²) in [6, 6.07) is 3.90. The number of benzene rings is 1. The third-order valence-electron chi connectivity index (χ3n) is 2.21. The molecule has 0 aliphatic carbocycles. The molecule has 1 aliphatic heterocycles. The molecule has 1 aliphatic rings. The van der Waals surface area contributed by atoms with Crippen molar-refractivity contribution in [1.29, 1.82) is 0 Å². The van der Waals surface area contributed by atoms with Crippen LogP contribution in [0.5, 0.6) is 11.5 Å². The van der Waals surface area contributed by atoms with Crippen LogP contribution in [0.3, 0.4) is 0 Å². The number of fused-ring (bicyclic) bond motifs is 1. The molecule has 0 saturated heterocycles. The number of methoxy groups -OCH3 is 1. The Morgan fingerprint density at radius 3 is 3.08 bits per heavy atom. The van der Waals surface area contributed by atoms with Crippen LogP contribution in [0.15, 0.2) is 16.6 Å². The summed E-state index contributed by atoms with van der Waals surface area (Å²) >= 11 is 3.52. The molecule has 0 atom stereocenters. The van der Waals surface area contributed by atoms with Crippen LogP contribution in [0, 0.1) is 0 Å². The highest BCUT2D eigenvalue weighted by Gasteiger charge is 2.15. The highest BCUT2D eigenvalue weighted by molar-refractivity contribution is 9.10. The minimum Gasteiger partial charge on any atom is -0.496 e. The first-order valence-electron chi connectivity index (χ1n) is 4.31. The standard InChI is InChI=1S/C10H11BrO2/c1-12-9-5-4-8-7(10(9)11)3-2-6-13-8/h4-5H,2-3,6H2,1H3. The molecular formula is C10H11BrO2. The van der Waals surface area contributed by atoms with Gasteiger partial charge in [-0.1, -0.05) is 0 Å². The van der Waals surface area contributed by atoms with Gasteiger partial charge in [0.2, 0.25) is 0 Å². The van der Waals surface area contributed by atoms with E-state index in [1.165, 1.54) is 5.56 Å². The molecule has 0 bridgehead atoms. The SMILES string of the molecule is COc1ccc2c(c1Br)CCCO2. The second-order valence-electron chi connectivity index (χ2n) is 3.01. The van der Waals surface area contributed by atoms with Crippen molar-refractivity contribution < 1.29 is 9.47 Å². The van der Waals surface area contributed by atoms with Gasteiger partial charge in [-0.15, -0.1) is 0 Å². The van der Waals surface area contributed by atoms with Gasteiger partial charge < -0.3 is 9.47 Å². The minimum atomic E-state index is 0.825. The van der Waals surface area contributed by atoms with E-state index in [1.54, 1.807) is 7.11 Å². The average Bonchev–Trinajstić information content (AvgIpc) is 2.19. The summed E-state index contributed by atoms with van der Waals surface area (Å²) in [5.74, 6) is 1.86. The summed E-state index contributed by atoms with van der Waals surface area (Å²) in [7, 11) is 1.68. The van der Waals surface area contributed by atoms with Gasteiger partial charge in [0, 0.05) is 5.56 Å². The molecule has 1 heterocycles. The number of rotatable bonds is 1. The lowest BCUT2D eigenvalue weighted by atomic mass is 10.1. The zero-order valence-electron chi connectivity index (χ0n) is 7.47. The Kier molecular flexibility index (Phi) is 2.44. The molecule has 0 N–H and O–H groups in total. The minimum absolute atomic E-state index is 0.825. The van der Waals surface area contributed by atoms with Gasteiger partial charge >= 0.3 is 0 Å². The Bertz CT molecular complexity index is 323. The third kappa shape index (κ3) is 1.53. The van der Waals surface area contributed by atoms with E-state index in [9.17, 15) is 0 Å². The summed E-state index contributed by atoms with van der Waals surface area (Å²) < 4.78 is 11.8. The second kappa shape index (κ2) is 3.58. The first-order chi connectivity index (χ1) is 6.33.